The molecule has 0 spiro atoms. The third-order valence-corrected chi connectivity index (χ3v) is 2.89. The van der Waals surface area contributed by atoms with Crippen LogP contribution in [0.3, 0.4) is 0 Å². The van der Waals surface area contributed by atoms with E-state index in [1.54, 1.807) is 0 Å². The molecule has 1 rings (SSSR count). The molecule has 0 bridgehead atoms. The predicted octanol–water partition coefficient (Wildman–Crippen LogP) is 4.02. The molecule has 0 saturated carbocycles. The highest BCUT2D eigenvalue weighted by molar-refractivity contribution is 5.22. The Morgan fingerprint density at radius 3 is 2.00 bits per heavy atom. The molecule has 0 fully saturated rings. The van der Waals surface area contributed by atoms with Crippen LogP contribution in [0.4, 0.5) is 0 Å². The molecule has 0 unspecified atom stereocenters. The van der Waals surface area contributed by atoms with Crippen molar-refractivity contribution in [1.82, 2.24) is 5.32 Å². The zero-order valence-corrected chi connectivity index (χ0v) is 11.8. The smallest absolute Gasteiger partial charge is 0.0205 e. The van der Waals surface area contributed by atoms with Gasteiger partial charge in [-0.05, 0) is 42.3 Å². The number of nitrogens with one attached hydrogen (secondary N) is 1. The van der Waals surface area contributed by atoms with Crippen LogP contribution in [0.5, 0.6) is 0 Å². The maximum atomic E-state index is 3.49. The number of benzene rings is 1. The van der Waals surface area contributed by atoms with Crippen molar-refractivity contribution in [3.05, 3.63) is 35.4 Å². The third kappa shape index (κ3) is 6.48. The van der Waals surface area contributed by atoms with Crippen molar-refractivity contribution < 1.29 is 0 Å². The zero-order valence-electron chi connectivity index (χ0n) is 11.8. The summed E-state index contributed by atoms with van der Waals surface area (Å²) in [6.07, 6.45) is 2.44. The highest BCUT2D eigenvalue weighted by atomic mass is 14.8. The van der Waals surface area contributed by atoms with Crippen molar-refractivity contribution in [2.75, 3.05) is 6.54 Å². The fourth-order valence-corrected chi connectivity index (χ4v) is 1.89. The first-order chi connectivity index (χ1) is 8.08. The third-order valence-electron chi connectivity index (χ3n) is 2.89. The molecular weight excluding hydrogens is 206 g/mol. The van der Waals surface area contributed by atoms with Gasteiger partial charge in [0.2, 0.25) is 0 Å². The van der Waals surface area contributed by atoms with Gasteiger partial charge in [-0.15, -0.1) is 0 Å². The Hall–Kier alpha value is -0.820. The normalized spacial score (nSPS) is 11.4. The summed E-state index contributed by atoms with van der Waals surface area (Å²) in [5.74, 6) is 1.53. The van der Waals surface area contributed by atoms with E-state index in [1.807, 2.05) is 0 Å². The summed E-state index contributed by atoms with van der Waals surface area (Å²) in [6.45, 7) is 11.2. The van der Waals surface area contributed by atoms with Crippen LogP contribution in [0.15, 0.2) is 24.3 Å². The maximum Gasteiger partial charge on any atom is 0.0205 e. The second-order valence-electron chi connectivity index (χ2n) is 5.77. The van der Waals surface area contributed by atoms with E-state index >= 15 is 0 Å². The molecule has 0 aliphatic carbocycles. The molecule has 1 nitrogen and oxygen atoms in total. The highest BCUT2D eigenvalue weighted by Crippen LogP contribution is 2.09. The Kier molecular flexibility index (Phi) is 6.28. The fraction of sp³-hybridized carbons (Fsp3) is 0.625. The van der Waals surface area contributed by atoms with Gasteiger partial charge < -0.3 is 5.32 Å². The topological polar surface area (TPSA) is 12.0 Å². The van der Waals surface area contributed by atoms with E-state index in [2.05, 4.69) is 57.3 Å². The Bertz CT molecular complexity index is 298. The Labute approximate surface area is 107 Å². The minimum absolute atomic E-state index is 0.741. The van der Waals surface area contributed by atoms with E-state index < -0.39 is 0 Å². The van der Waals surface area contributed by atoms with Crippen molar-refractivity contribution >= 4 is 0 Å². The Balaban J connectivity index is 2.30. The lowest BCUT2D eigenvalue weighted by Crippen LogP contribution is -2.16. The summed E-state index contributed by atoms with van der Waals surface area (Å²) < 4.78 is 0. The molecule has 0 aliphatic rings. The van der Waals surface area contributed by atoms with Crippen LogP contribution in [-0.4, -0.2) is 6.54 Å². The molecule has 17 heavy (non-hydrogen) atoms. The fourth-order valence-electron chi connectivity index (χ4n) is 1.89. The molecule has 96 valence electrons. The molecule has 1 aromatic carbocycles. The quantitative estimate of drug-likeness (QED) is 0.701. The van der Waals surface area contributed by atoms with Crippen molar-refractivity contribution in [1.29, 1.82) is 0 Å². The molecule has 0 saturated heterocycles. The van der Waals surface area contributed by atoms with Gasteiger partial charge in [0.25, 0.3) is 0 Å². The van der Waals surface area contributed by atoms with Gasteiger partial charge in [-0.25, -0.2) is 0 Å². The minimum atomic E-state index is 0.741. The van der Waals surface area contributed by atoms with Gasteiger partial charge in [0.15, 0.2) is 0 Å². The first-order valence-electron chi connectivity index (χ1n) is 6.86. The van der Waals surface area contributed by atoms with Crippen molar-refractivity contribution in [3.8, 4) is 0 Å². The molecule has 0 aliphatic heterocycles. The molecule has 0 amide bonds. The monoisotopic (exact) mass is 233 g/mol. The van der Waals surface area contributed by atoms with Crippen LogP contribution in [0.25, 0.3) is 0 Å². The van der Waals surface area contributed by atoms with Gasteiger partial charge in [-0.3, -0.25) is 0 Å². The molecule has 1 heteroatoms. The zero-order chi connectivity index (χ0) is 12.7. The van der Waals surface area contributed by atoms with E-state index in [9.17, 15) is 0 Å². The Morgan fingerprint density at radius 2 is 1.47 bits per heavy atom. The summed E-state index contributed by atoms with van der Waals surface area (Å²) in [7, 11) is 0. The molecule has 0 aromatic heterocycles. The van der Waals surface area contributed by atoms with Gasteiger partial charge in [-0.2, -0.15) is 0 Å². The molecule has 1 aromatic rings. The molecule has 0 heterocycles. The van der Waals surface area contributed by atoms with E-state index in [0.29, 0.717) is 0 Å². The number of hydrogen-bond donors (Lipinski definition) is 1. The van der Waals surface area contributed by atoms with E-state index in [1.165, 1.54) is 24.0 Å². The summed E-state index contributed by atoms with van der Waals surface area (Å²) >= 11 is 0. The predicted molar refractivity (Wildman–Crippen MR) is 76.1 cm³/mol. The second kappa shape index (κ2) is 7.50. The van der Waals surface area contributed by atoms with E-state index in [4.69, 9.17) is 0 Å². The van der Waals surface area contributed by atoms with E-state index in [0.717, 1.165) is 24.9 Å². The average Bonchev–Trinajstić information content (AvgIpc) is 2.25. The SMILES string of the molecule is CC(C)CCNCc1ccc(CC(C)C)cc1. The summed E-state index contributed by atoms with van der Waals surface area (Å²) in [5.41, 5.74) is 2.84. The maximum absolute atomic E-state index is 3.49. The lowest BCUT2D eigenvalue weighted by atomic mass is 10.0. The summed E-state index contributed by atoms with van der Waals surface area (Å²) in [6, 6.07) is 9.03. The van der Waals surface area contributed by atoms with Crippen molar-refractivity contribution in [2.45, 2.75) is 47.1 Å². The number of rotatable bonds is 7. The van der Waals surface area contributed by atoms with Crippen molar-refractivity contribution in [3.63, 3.8) is 0 Å². The largest absolute Gasteiger partial charge is 0.313 e. The first-order valence-corrected chi connectivity index (χ1v) is 6.86. The highest BCUT2D eigenvalue weighted by Gasteiger charge is 1.98. The van der Waals surface area contributed by atoms with Crippen molar-refractivity contribution in [2.24, 2.45) is 11.8 Å². The molecule has 0 radical (unpaired) electrons. The Morgan fingerprint density at radius 1 is 0.882 bits per heavy atom. The lowest BCUT2D eigenvalue weighted by Gasteiger charge is -2.08. The van der Waals surface area contributed by atoms with Gasteiger partial charge in [0.1, 0.15) is 0 Å². The standard InChI is InChI=1S/C16H27N/c1-13(2)9-10-17-12-16-7-5-15(6-8-16)11-14(3)4/h5-8,13-14,17H,9-12H2,1-4H3. The lowest BCUT2D eigenvalue weighted by molar-refractivity contribution is 0.537. The summed E-state index contributed by atoms with van der Waals surface area (Å²) in [5, 5.41) is 3.49. The van der Waals surface area contributed by atoms with Crippen LogP contribution in [0.1, 0.15) is 45.2 Å². The van der Waals surface area contributed by atoms with E-state index in [-0.39, 0.29) is 0 Å². The van der Waals surface area contributed by atoms with Crippen LogP contribution >= 0.6 is 0 Å². The average molecular weight is 233 g/mol. The molecular formula is C16H27N. The van der Waals surface area contributed by atoms with Gasteiger partial charge in [0, 0.05) is 6.54 Å². The van der Waals surface area contributed by atoms with Crippen LogP contribution < -0.4 is 5.32 Å². The molecule has 1 N–H and O–H groups in total. The van der Waals surface area contributed by atoms with Crippen LogP contribution in [-0.2, 0) is 13.0 Å². The molecule has 0 atom stereocenters. The summed E-state index contributed by atoms with van der Waals surface area (Å²) in [4.78, 5) is 0. The van der Waals surface area contributed by atoms with Crippen LogP contribution in [0, 0.1) is 11.8 Å². The first kappa shape index (κ1) is 14.2. The minimum Gasteiger partial charge on any atom is -0.313 e. The number of hydrogen-bond acceptors (Lipinski definition) is 1. The van der Waals surface area contributed by atoms with Gasteiger partial charge >= 0.3 is 0 Å². The van der Waals surface area contributed by atoms with Crippen LogP contribution in [0.2, 0.25) is 0 Å². The van der Waals surface area contributed by atoms with Gasteiger partial charge in [-0.1, -0.05) is 52.0 Å². The second-order valence-corrected chi connectivity index (χ2v) is 5.77. The van der Waals surface area contributed by atoms with Gasteiger partial charge in [0.05, 0.1) is 0 Å².